The summed E-state index contributed by atoms with van der Waals surface area (Å²) in [4.78, 5) is 9.20. The molecule has 1 N–H and O–H groups in total. The molecule has 1 heterocycles. The number of nitrogens with zero attached hydrogens (tertiary/aromatic N) is 2. The fourth-order valence-electron chi connectivity index (χ4n) is 1.43. The van der Waals surface area contributed by atoms with Crippen LogP contribution in [-0.2, 0) is 0 Å². The van der Waals surface area contributed by atoms with Crippen LogP contribution in [0.1, 0.15) is 13.3 Å². The summed E-state index contributed by atoms with van der Waals surface area (Å²) >= 11 is 4.88. The first-order chi connectivity index (χ1) is 9.20. The molecule has 0 spiro atoms. The zero-order valence-corrected chi connectivity index (χ0v) is 12.8. The highest BCUT2D eigenvalue weighted by Crippen LogP contribution is 2.34. The minimum atomic E-state index is -0.250. The first-order valence-electron chi connectivity index (χ1n) is 5.88. The van der Waals surface area contributed by atoms with Gasteiger partial charge in [-0.05, 0) is 40.5 Å². The number of nitrogens with one attached hydrogen (secondary N) is 1. The van der Waals surface area contributed by atoms with Crippen LogP contribution in [0.4, 0.5) is 10.2 Å². The topological polar surface area (TPSA) is 37.8 Å². The van der Waals surface area contributed by atoms with E-state index >= 15 is 0 Å². The molecular formula is C13H13BrFN3S. The predicted octanol–water partition coefficient (Wildman–Crippen LogP) is 4.35. The second kappa shape index (κ2) is 6.86. The van der Waals surface area contributed by atoms with Crippen molar-refractivity contribution in [2.24, 2.45) is 0 Å². The Morgan fingerprint density at radius 1 is 1.37 bits per heavy atom. The number of hydrogen-bond acceptors (Lipinski definition) is 4. The van der Waals surface area contributed by atoms with Gasteiger partial charge in [-0.1, -0.05) is 24.8 Å². The maximum atomic E-state index is 13.1. The standard InChI is InChI=1S/C13H13BrFN3S/c1-2-6-16-12-11(14)13(18-8-17-12)19-10-5-3-4-9(15)7-10/h3-5,7-8H,2,6H2,1H3,(H,16,17,18). The summed E-state index contributed by atoms with van der Waals surface area (Å²) in [5.41, 5.74) is 0. The smallest absolute Gasteiger partial charge is 0.144 e. The SMILES string of the molecule is CCCNc1ncnc(Sc2cccc(F)c2)c1Br. The molecular weight excluding hydrogens is 329 g/mol. The van der Waals surface area contributed by atoms with Gasteiger partial charge in [0.05, 0.1) is 4.47 Å². The third kappa shape index (κ3) is 3.91. The van der Waals surface area contributed by atoms with Gasteiger partial charge in [-0.2, -0.15) is 0 Å². The van der Waals surface area contributed by atoms with Gasteiger partial charge in [-0.25, -0.2) is 14.4 Å². The molecule has 19 heavy (non-hydrogen) atoms. The molecule has 0 bridgehead atoms. The zero-order chi connectivity index (χ0) is 13.7. The fourth-order valence-corrected chi connectivity index (χ4v) is 2.85. The first kappa shape index (κ1) is 14.3. The van der Waals surface area contributed by atoms with E-state index in [1.165, 1.54) is 30.2 Å². The van der Waals surface area contributed by atoms with Crippen molar-refractivity contribution >= 4 is 33.5 Å². The minimum absolute atomic E-state index is 0.250. The Bertz CT molecular complexity index is 565. The zero-order valence-electron chi connectivity index (χ0n) is 10.4. The molecule has 1 aromatic carbocycles. The largest absolute Gasteiger partial charge is 0.369 e. The van der Waals surface area contributed by atoms with Crippen LogP contribution >= 0.6 is 27.7 Å². The number of aromatic nitrogens is 2. The van der Waals surface area contributed by atoms with Crippen LogP contribution in [0, 0.1) is 5.82 Å². The van der Waals surface area contributed by atoms with E-state index in [9.17, 15) is 4.39 Å². The predicted molar refractivity (Wildman–Crippen MR) is 79.0 cm³/mol. The van der Waals surface area contributed by atoms with Crippen molar-refractivity contribution in [3.8, 4) is 0 Å². The Hall–Kier alpha value is -1.14. The highest BCUT2D eigenvalue weighted by Gasteiger charge is 2.10. The van der Waals surface area contributed by atoms with Crippen LogP contribution in [0.25, 0.3) is 0 Å². The van der Waals surface area contributed by atoms with Crippen LogP contribution in [0.15, 0.2) is 45.0 Å². The number of rotatable bonds is 5. The van der Waals surface area contributed by atoms with Gasteiger partial charge in [0.15, 0.2) is 0 Å². The Kier molecular flexibility index (Phi) is 5.15. The van der Waals surface area contributed by atoms with E-state index in [0.717, 1.165) is 33.2 Å². The normalized spacial score (nSPS) is 10.5. The molecule has 0 aliphatic rings. The van der Waals surface area contributed by atoms with E-state index in [1.54, 1.807) is 6.07 Å². The molecule has 0 aliphatic heterocycles. The lowest BCUT2D eigenvalue weighted by Gasteiger charge is -2.09. The van der Waals surface area contributed by atoms with Crippen molar-refractivity contribution < 1.29 is 4.39 Å². The van der Waals surface area contributed by atoms with Gasteiger partial charge in [0.2, 0.25) is 0 Å². The molecule has 0 saturated carbocycles. The van der Waals surface area contributed by atoms with Crippen molar-refractivity contribution in [1.82, 2.24) is 9.97 Å². The lowest BCUT2D eigenvalue weighted by atomic mass is 10.4. The van der Waals surface area contributed by atoms with E-state index in [4.69, 9.17) is 0 Å². The number of anilines is 1. The molecule has 0 atom stereocenters. The first-order valence-corrected chi connectivity index (χ1v) is 7.49. The van der Waals surface area contributed by atoms with Gasteiger partial charge in [0.1, 0.15) is 23.0 Å². The summed E-state index contributed by atoms with van der Waals surface area (Å²) in [6.07, 6.45) is 2.52. The molecule has 1 aromatic heterocycles. The monoisotopic (exact) mass is 341 g/mol. The molecule has 3 nitrogen and oxygen atoms in total. The van der Waals surface area contributed by atoms with Crippen molar-refractivity contribution in [1.29, 1.82) is 0 Å². The molecule has 2 aromatic rings. The Labute approximate surface area is 124 Å². The van der Waals surface area contributed by atoms with E-state index in [-0.39, 0.29) is 5.82 Å². The summed E-state index contributed by atoms with van der Waals surface area (Å²) in [5.74, 6) is 0.510. The lowest BCUT2D eigenvalue weighted by Crippen LogP contribution is -2.03. The summed E-state index contributed by atoms with van der Waals surface area (Å²) in [6, 6.07) is 6.44. The molecule has 0 fully saturated rings. The third-order valence-electron chi connectivity index (χ3n) is 2.31. The number of benzene rings is 1. The van der Waals surface area contributed by atoms with Crippen LogP contribution in [0.5, 0.6) is 0 Å². The quantitative estimate of drug-likeness (QED) is 0.820. The van der Waals surface area contributed by atoms with Crippen molar-refractivity contribution in [3.63, 3.8) is 0 Å². The number of hydrogen-bond donors (Lipinski definition) is 1. The molecule has 2 rings (SSSR count). The molecule has 0 radical (unpaired) electrons. The van der Waals surface area contributed by atoms with Gasteiger partial charge < -0.3 is 5.32 Å². The average molecular weight is 342 g/mol. The average Bonchev–Trinajstić information content (AvgIpc) is 2.40. The van der Waals surface area contributed by atoms with Gasteiger partial charge in [0.25, 0.3) is 0 Å². The highest BCUT2D eigenvalue weighted by molar-refractivity contribution is 9.10. The summed E-state index contributed by atoms with van der Waals surface area (Å²) in [5, 5.41) is 3.98. The Morgan fingerprint density at radius 3 is 2.95 bits per heavy atom. The minimum Gasteiger partial charge on any atom is -0.369 e. The van der Waals surface area contributed by atoms with Crippen LogP contribution in [0.3, 0.4) is 0 Å². The number of halogens is 2. The second-order valence-electron chi connectivity index (χ2n) is 3.83. The molecule has 6 heteroatoms. The van der Waals surface area contributed by atoms with Gasteiger partial charge >= 0.3 is 0 Å². The molecule has 0 saturated heterocycles. The van der Waals surface area contributed by atoms with Crippen molar-refractivity contribution in [2.45, 2.75) is 23.3 Å². The molecule has 0 unspecified atom stereocenters. The van der Waals surface area contributed by atoms with E-state index in [1.807, 2.05) is 6.07 Å². The highest BCUT2D eigenvalue weighted by atomic mass is 79.9. The second-order valence-corrected chi connectivity index (χ2v) is 5.68. The maximum Gasteiger partial charge on any atom is 0.144 e. The van der Waals surface area contributed by atoms with E-state index in [2.05, 4.69) is 38.1 Å². The summed E-state index contributed by atoms with van der Waals surface area (Å²) < 4.78 is 13.9. The van der Waals surface area contributed by atoms with Gasteiger partial charge in [-0.3, -0.25) is 0 Å². The van der Waals surface area contributed by atoms with Gasteiger partial charge in [0, 0.05) is 11.4 Å². The maximum absolute atomic E-state index is 13.1. The van der Waals surface area contributed by atoms with Crippen LogP contribution < -0.4 is 5.32 Å². The third-order valence-corrected chi connectivity index (χ3v) is 4.32. The van der Waals surface area contributed by atoms with Gasteiger partial charge in [-0.15, -0.1) is 0 Å². The van der Waals surface area contributed by atoms with Crippen LogP contribution in [-0.4, -0.2) is 16.5 Å². The molecule has 0 amide bonds. The van der Waals surface area contributed by atoms with E-state index in [0.29, 0.717) is 0 Å². The Balaban J connectivity index is 2.20. The lowest BCUT2D eigenvalue weighted by molar-refractivity contribution is 0.624. The fraction of sp³-hybridized carbons (Fsp3) is 0.231. The Morgan fingerprint density at radius 2 is 2.21 bits per heavy atom. The van der Waals surface area contributed by atoms with E-state index < -0.39 is 0 Å². The van der Waals surface area contributed by atoms with Crippen molar-refractivity contribution in [3.05, 3.63) is 40.9 Å². The van der Waals surface area contributed by atoms with Crippen LogP contribution in [0.2, 0.25) is 0 Å². The molecule has 0 aliphatic carbocycles. The van der Waals surface area contributed by atoms with Crippen molar-refractivity contribution in [2.75, 3.05) is 11.9 Å². The summed E-state index contributed by atoms with van der Waals surface area (Å²) in [7, 11) is 0. The molecule has 100 valence electrons. The summed E-state index contributed by atoms with van der Waals surface area (Å²) in [6.45, 7) is 2.93.